The van der Waals surface area contributed by atoms with Crippen molar-refractivity contribution in [3.8, 4) is 33.6 Å². The Bertz CT molecular complexity index is 3410. The van der Waals surface area contributed by atoms with Crippen LogP contribution in [0.3, 0.4) is 0 Å². The molecule has 0 unspecified atom stereocenters. The van der Waals surface area contributed by atoms with Crippen molar-refractivity contribution < 1.29 is 26.3 Å². The zero-order chi connectivity index (χ0) is 42.1. The second kappa shape index (κ2) is 13.0. The number of benzene rings is 10. The van der Waals surface area contributed by atoms with Gasteiger partial charge in [0.25, 0.3) is 0 Å². The van der Waals surface area contributed by atoms with Crippen LogP contribution in [0.15, 0.2) is 182 Å². The van der Waals surface area contributed by atoms with Gasteiger partial charge in [0.1, 0.15) is 0 Å². The maximum absolute atomic E-state index is 13.9. The molecule has 0 aliphatic rings. The van der Waals surface area contributed by atoms with E-state index in [2.05, 4.69) is 75.9 Å². The van der Waals surface area contributed by atoms with Gasteiger partial charge in [-0.15, -0.1) is 0 Å². The molecule has 12 rings (SSSR count). The highest BCUT2D eigenvalue weighted by molar-refractivity contribution is 6.31. The monoisotopic (exact) mass is 820 g/mol. The minimum atomic E-state index is -4.53. The molecule has 298 valence electrons. The van der Waals surface area contributed by atoms with Gasteiger partial charge in [-0.1, -0.05) is 121 Å². The molecule has 0 aliphatic heterocycles. The van der Waals surface area contributed by atoms with E-state index in [1.165, 1.54) is 24.3 Å². The van der Waals surface area contributed by atoms with Crippen LogP contribution in [0.5, 0.6) is 0 Å². The first-order chi connectivity index (χ1) is 30.0. The molecule has 2 nitrogen and oxygen atoms in total. The second-order valence-electron chi connectivity index (χ2n) is 15.8. The average Bonchev–Trinajstić information content (AvgIpc) is 3.80. The Morgan fingerprint density at radius 3 is 0.935 bits per heavy atom. The summed E-state index contributed by atoms with van der Waals surface area (Å²) in [7, 11) is 0. The van der Waals surface area contributed by atoms with Crippen molar-refractivity contribution in [3.63, 3.8) is 0 Å². The molecule has 12 aromatic rings. The molecule has 2 aromatic heterocycles. The van der Waals surface area contributed by atoms with Gasteiger partial charge in [0.05, 0.1) is 44.6 Å². The Labute approximate surface area is 349 Å². The highest BCUT2D eigenvalue weighted by Crippen LogP contribution is 2.49. The molecule has 62 heavy (non-hydrogen) atoms. The number of fused-ring (bicyclic) bond motifs is 6. The number of halogens is 6. The second-order valence-corrected chi connectivity index (χ2v) is 15.8. The first-order valence-electron chi connectivity index (χ1n) is 20.2. The molecule has 0 amide bonds. The van der Waals surface area contributed by atoms with Crippen molar-refractivity contribution in [2.45, 2.75) is 12.4 Å². The third kappa shape index (κ3) is 5.25. The molecule has 0 saturated heterocycles. The van der Waals surface area contributed by atoms with Gasteiger partial charge < -0.3 is 9.13 Å². The summed E-state index contributed by atoms with van der Waals surface area (Å²) in [4.78, 5) is 0. The lowest BCUT2D eigenvalue weighted by molar-refractivity contribution is -0.138. The van der Waals surface area contributed by atoms with Crippen LogP contribution in [0, 0.1) is 0 Å². The molecular formula is C54H30F6N2. The molecule has 0 fully saturated rings. The van der Waals surface area contributed by atoms with Crippen molar-refractivity contribution in [1.29, 1.82) is 0 Å². The first kappa shape index (κ1) is 36.3. The van der Waals surface area contributed by atoms with E-state index in [1.54, 1.807) is 0 Å². The summed E-state index contributed by atoms with van der Waals surface area (Å²) in [5, 5.41) is 9.68. The maximum atomic E-state index is 13.9. The fourth-order valence-corrected chi connectivity index (χ4v) is 9.85. The van der Waals surface area contributed by atoms with E-state index >= 15 is 0 Å². The van der Waals surface area contributed by atoms with Gasteiger partial charge in [-0.25, -0.2) is 0 Å². The lowest BCUT2D eigenvalue weighted by atomic mass is 9.84. The summed E-state index contributed by atoms with van der Waals surface area (Å²) in [5.41, 5.74) is 6.83. The Balaban J connectivity index is 1.28. The Kier molecular flexibility index (Phi) is 7.59. The third-order valence-corrected chi connectivity index (χ3v) is 12.5. The first-order valence-corrected chi connectivity index (χ1v) is 20.2. The molecule has 0 saturated carbocycles. The van der Waals surface area contributed by atoms with Gasteiger partial charge in [-0.2, -0.15) is 26.3 Å². The van der Waals surface area contributed by atoms with Gasteiger partial charge in [-0.3, -0.25) is 0 Å². The smallest absolute Gasteiger partial charge is 0.309 e. The highest BCUT2D eigenvalue weighted by Gasteiger charge is 2.32. The quantitative estimate of drug-likeness (QED) is 0.124. The number of para-hydroxylation sites is 4. The summed E-state index contributed by atoms with van der Waals surface area (Å²) in [5.74, 6) is 0. The fourth-order valence-electron chi connectivity index (χ4n) is 9.85. The number of hydrogen-bond donors (Lipinski definition) is 0. The van der Waals surface area contributed by atoms with E-state index < -0.39 is 23.5 Å². The standard InChI is InChI=1S/C54H30F6N2/c55-53(56,57)33-21-17-31(18-22-33)43-29-44(32-19-23-34(24-20-32)54(58,59)60)40-26-28-42-50(62-47-15-7-3-11-37(47)38-12-4-8-16-48(38)62)30-49(41-27-25-39(43)51(40)52(41)42)61-45-13-5-1-9-35(45)36-10-2-6-14-46(36)61/h1-30H. The van der Waals surface area contributed by atoms with E-state index in [0.29, 0.717) is 22.3 Å². The zero-order valence-corrected chi connectivity index (χ0v) is 32.5. The number of hydrogen-bond acceptors (Lipinski definition) is 0. The maximum Gasteiger partial charge on any atom is 0.416 e. The average molecular weight is 821 g/mol. The lowest BCUT2D eigenvalue weighted by Gasteiger charge is -2.23. The third-order valence-electron chi connectivity index (χ3n) is 12.5. The largest absolute Gasteiger partial charge is 0.416 e. The number of nitrogens with zero attached hydrogens (tertiary/aromatic N) is 2. The van der Waals surface area contributed by atoms with Crippen LogP contribution in [0.25, 0.3) is 110 Å². The van der Waals surface area contributed by atoms with E-state index in [4.69, 9.17) is 0 Å². The topological polar surface area (TPSA) is 9.86 Å². The van der Waals surface area contributed by atoms with E-state index in [1.807, 2.05) is 66.7 Å². The summed E-state index contributed by atoms with van der Waals surface area (Å²) in [6, 6.07) is 55.9. The minimum absolute atomic E-state index is 0.550. The molecule has 10 aromatic carbocycles. The van der Waals surface area contributed by atoms with E-state index in [9.17, 15) is 26.3 Å². The van der Waals surface area contributed by atoms with Gasteiger partial charge >= 0.3 is 12.4 Å². The number of rotatable bonds is 4. The molecule has 8 heteroatoms. The fraction of sp³-hybridized carbons (Fsp3) is 0.0370. The SMILES string of the molecule is FC(F)(F)c1ccc(-c2cc(-c3ccc(C(F)(F)F)cc3)c3ccc4c(-n5c6ccccc6c6ccccc65)cc(-n5c6ccccc6c6ccccc65)c5ccc2c3c54)cc1. The predicted octanol–water partition coefficient (Wildman–Crippen LogP) is 16.1. The molecule has 0 atom stereocenters. The van der Waals surface area contributed by atoms with Crippen LogP contribution in [0.1, 0.15) is 11.1 Å². The Morgan fingerprint density at radius 2 is 0.597 bits per heavy atom. The van der Waals surface area contributed by atoms with E-state index in [0.717, 1.165) is 112 Å². The highest BCUT2D eigenvalue weighted by atomic mass is 19.4. The summed E-state index contributed by atoms with van der Waals surface area (Å²) < 4.78 is 87.8. The van der Waals surface area contributed by atoms with Crippen LogP contribution >= 0.6 is 0 Å². The zero-order valence-electron chi connectivity index (χ0n) is 32.5. The molecule has 0 bridgehead atoms. The Morgan fingerprint density at radius 1 is 0.290 bits per heavy atom. The Hall–Kier alpha value is -7.58. The normalized spacial score (nSPS) is 12.7. The van der Waals surface area contributed by atoms with Crippen molar-refractivity contribution in [2.75, 3.05) is 0 Å². The van der Waals surface area contributed by atoms with Gasteiger partial charge in [0.15, 0.2) is 0 Å². The summed E-state index contributed by atoms with van der Waals surface area (Å²) in [6.07, 6.45) is -9.06. The summed E-state index contributed by atoms with van der Waals surface area (Å²) >= 11 is 0. The van der Waals surface area contributed by atoms with Crippen LogP contribution in [0.4, 0.5) is 26.3 Å². The van der Waals surface area contributed by atoms with Gasteiger partial charge in [0.2, 0.25) is 0 Å². The summed E-state index contributed by atoms with van der Waals surface area (Å²) in [6.45, 7) is 0. The minimum Gasteiger partial charge on any atom is -0.309 e. The number of aromatic nitrogens is 2. The molecule has 0 radical (unpaired) electrons. The van der Waals surface area contributed by atoms with Gasteiger partial charge in [-0.05, 0) is 99.1 Å². The van der Waals surface area contributed by atoms with Crippen molar-refractivity contribution >= 4 is 75.9 Å². The molecular weight excluding hydrogens is 791 g/mol. The van der Waals surface area contributed by atoms with Crippen LogP contribution < -0.4 is 0 Å². The van der Waals surface area contributed by atoms with Gasteiger partial charge in [0, 0.05) is 37.7 Å². The molecule has 0 N–H and O–H groups in total. The molecule has 2 heterocycles. The van der Waals surface area contributed by atoms with Crippen molar-refractivity contribution in [1.82, 2.24) is 9.13 Å². The van der Waals surface area contributed by atoms with Crippen molar-refractivity contribution in [2.24, 2.45) is 0 Å². The van der Waals surface area contributed by atoms with Crippen LogP contribution in [-0.2, 0) is 12.4 Å². The molecule has 0 spiro atoms. The van der Waals surface area contributed by atoms with E-state index in [-0.39, 0.29) is 0 Å². The molecule has 0 aliphatic carbocycles. The number of alkyl halides is 6. The van der Waals surface area contributed by atoms with Crippen molar-refractivity contribution in [3.05, 3.63) is 193 Å². The predicted molar refractivity (Wildman–Crippen MR) is 240 cm³/mol. The van der Waals surface area contributed by atoms with Crippen LogP contribution in [-0.4, -0.2) is 9.13 Å². The van der Waals surface area contributed by atoms with Crippen LogP contribution in [0.2, 0.25) is 0 Å². The lowest BCUT2D eigenvalue weighted by Crippen LogP contribution is -2.04.